The Morgan fingerprint density at radius 3 is 2.32 bits per heavy atom. The Hall–Kier alpha value is -1.72. The van der Waals surface area contributed by atoms with Crippen molar-refractivity contribution in [3.05, 3.63) is 29.8 Å². The number of halogens is 3. The molecule has 1 aromatic carbocycles. The lowest BCUT2D eigenvalue weighted by Gasteiger charge is -2.26. The molecule has 1 aromatic rings. The van der Waals surface area contributed by atoms with E-state index < -0.39 is 23.5 Å². The molecule has 0 saturated heterocycles. The first-order chi connectivity index (χ1) is 8.85. The van der Waals surface area contributed by atoms with Gasteiger partial charge in [-0.25, -0.2) is 0 Å². The number of hydrogen-bond donors (Lipinski definition) is 1. The summed E-state index contributed by atoms with van der Waals surface area (Å²) in [5.74, 6) is -1.51. The predicted molar refractivity (Wildman–Crippen MR) is 60.9 cm³/mol. The summed E-state index contributed by atoms with van der Waals surface area (Å²) in [6.07, 6.45) is -2.78. The number of carboxylic acids is 1. The molecule has 0 heterocycles. The molecule has 0 atom stereocenters. The molecule has 19 heavy (non-hydrogen) atoms. The van der Waals surface area contributed by atoms with Gasteiger partial charge in [0.15, 0.2) is 0 Å². The Kier molecular flexibility index (Phi) is 3.43. The molecule has 0 amide bonds. The van der Waals surface area contributed by atoms with Crippen LogP contribution in [0, 0.1) is 0 Å². The summed E-state index contributed by atoms with van der Waals surface area (Å²) in [5.41, 5.74) is -1.15. The number of hydrogen-bond acceptors (Lipinski definition) is 2. The molecular formula is C13H13F3O3. The summed E-state index contributed by atoms with van der Waals surface area (Å²) in [4.78, 5) is 11.5. The number of ether oxygens (including phenoxy) is 1. The van der Waals surface area contributed by atoms with Gasteiger partial charge in [0.05, 0.1) is 5.41 Å². The highest BCUT2D eigenvalue weighted by Crippen LogP contribution is 2.45. The van der Waals surface area contributed by atoms with Crippen molar-refractivity contribution in [3.63, 3.8) is 0 Å². The SMILES string of the molecule is O=C(O)C1(c2ccccc2OC(F)(F)F)CCCC1. The first-order valence-corrected chi connectivity index (χ1v) is 5.94. The Labute approximate surface area is 108 Å². The number of carbonyl (C=O) groups is 1. The van der Waals surface area contributed by atoms with Crippen LogP contribution < -0.4 is 4.74 Å². The molecule has 0 radical (unpaired) electrons. The smallest absolute Gasteiger partial charge is 0.481 e. The molecule has 2 rings (SSSR count). The van der Waals surface area contributed by atoms with Crippen LogP contribution >= 0.6 is 0 Å². The van der Waals surface area contributed by atoms with Crippen LogP contribution in [0.2, 0.25) is 0 Å². The largest absolute Gasteiger partial charge is 0.573 e. The van der Waals surface area contributed by atoms with E-state index >= 15 is 0 Å². The predicted octanol–water partition coefficient (Wildman–Crippen LogP) is 3.48. The fraction of sp³-hybridized carbons (Fsp3) is 0.462. The lowest BCUT2D eigenvalue weighted by molar-refractivity contribution is -0.275. The second-order valence-electron chi connectivity index (χ2n) is 4.64. The number of carboxylic acid groups (broad SMARTS) is 1. The normalized spacial score (nSPS) is 18.3. The monoisotopic (exact) mass is 274 g/mol. The third kappa shape index (κ3) is 2.67. The first-order valence-electron chi connectivity index (χ1n) is 5.94. The highest BCUT2D eigenvalue weighted by molar-refractivity contribution is 5.83. The molecular weight excluding hydrogens is 261 g/mol. The van der Waals surface area contributed by atoms with Crippen LogP contribution in [-0.4, -0.2) is 17.4 Å². The lowest BCUT2D eigenvalue weighted by Crippen LogP contribution is -2.34. The van der Waals surface area contributed by atoms with Crippen LogP contribution in [-0.2, 0) is 10.2 Å². The van der Waals surface area contributed by atoms with Gasteiger partial charge in [-0.3, -0.25) is 4.79 Å². The summed E-state index contributed by atoms with van der Waals surface area (Å²) in [6.45, 7) is 0. The van der Waals surface area contributed by atoms with E-state index in [2.05, 4.69) is 4.74 Å². The molecule has 1 saturated carbocycles. The molecule has 0 spiro atoms. The van der Waals surface area contributed by atoms with Gasteiger partial charge in [-0.1, -0.05) is 31.0 Å². The summed E-state index contributed by atoms with van der Waals surface area (Å²) < 4.78 is 41.1. The van der Waals surface area contributed by atoms with Crippen molar-refractivity contribution < 1.29 is 27.8 Å². The van der Waals surface area contributed by atoms with Crippen molar-refractivity contribution in [3.8, 4) is 5.75 Å². The van der Waals surface area contributed by atoms with E-state index in [9.17, 15) is 23.1 Å². The quantitative estimate of drug-likeness (QED) is 0.917. The van der Waals surface area contributed by atoms with Crippen molar-refractivity contribution in [2.45, 2.75) is 37.5 Å². The Bertz CT molecular complexity index is 476. The molecule has 104 valence electrons. The Morgan fingerprint density at radius 1 is 1.21 bits per heavy atom. The van der Waals surface area contributed by atoms with Crippen LogP contribution in [0.5, 0.6) is 5.75 Å². The maximum atomic E-state index is 12.4. The molecule has 1 aliphatic carbocycles. The van der Waals surface area contributed by atoms with Crippen molar-refractivity contribution in [1.82, 2.24) is 0 Å². The van der Waals surface area contributed by atoms with Crippen molar-refractivity contribution >= 4 is 5.97 Å². The fourth-order valence-corrected chi connectivity index (χ4v) is 2.65. The van der Waals surface area contributed by atoms with E-state index in [0.29, 0.717) is 25.7 Å². The minimum absolute atomic E-state index is 0.109. The molecule has 0 aliphatic heterocycles. The molecule has 3 nitrogen and oxygen atoms in total. The highest BCUT2D eigenvalue weighted by Gasteiger charge is 2.46. The zero-order chi connectivity index (χ0) is 14.1. The number of benzene rings is 1. The van der Waals surface area contributed by atoms with Crippen molar-refractivity contribution in [2.24, 2.45) is 0 Å². The molecule has 1 aliphatic rings. The van der Waals surface area contributed by atoms with E-state index in [0.717, 1.165) is 6.07 Å². The molecule has 6 heteroatoms. The van der Waals surface area contributed by atoms with Crippen LogP contribution in [0.1, 0.15) is 31.2 Å². The standard InChI is InChI=1S/C13H13F3O3/c14-13(15,16)19-10-6-2-1-5-9(10)12(11(17)18)7-3-4-8-12/h1-2,5-6H,3-4,7-8H2,(H,17,18). The summed E-state index contributed by atoms with van der Waals surface area (Å²) in [7, 11) is 0. The highest BCUT2D eigenvalue weighted by atomic mass is 19.4. The molecule has 0 unspecified atom stereocenters. The number of rotatable bonds is 3. The number of alkyl halides is 3. The third-order valence-electron chi connectivity index (χ3n) is 3.49. The third-order valence-corrected chi connectivity index (χ3v) is 3.49. The summed E-state index contributed by atoms with van der Waals surface area (Å²) in [6, 6.07) is 5.49. The fourth-order valence-electron chi connectivity index (χ4n) is 2.65. The maximum Gasteiger partial charge on any atom is 0.573 e. The van der Waals surface area contributed by atoms with Crippen LogP contribution in [0.25, 0.3) is 0 Å². The van der Waals surface area contributed by atoms with Gasteiger partial charge in [0.25, 0.3) is 0 Å². The van der Waals surface area contributed by atoms with Crippen LogP contribution in [0.15, 0.2) is 24.3 Å². The number of para-hydroxylation sites is 1. The van der Waals surface area contributed by atoms with E-state index in [4.69, 9.17) is 0 Å². The minimum Gasteiger partial charge on any atom is -0.481 e. The van der Waals surface area contributed by atoms with Gasteiger partial charge in [0.1, 0.15) is 5.75 Å². The van der Waals surface area contributed by atoms with Crippen LogP contribution in [0.4, 0.5) is 13.2 Å². The average molecular weight is 274 g/mol. The average Bonchev–Trinajstić information content (AvgIpc) is 2.77. The Balaban J connectivity index is 2.46. The van der Waals surface area contributed by atoms with E-state index in [1.165, 1.54) is 18.2 Å². The van der Waals surface area contributed by atoms with Crippen LogP contribution in [0.3, 0.4) is 0 Å². The second-order valence-corrected chi connectivity index (χ2v) is 4.64. The van der Waals surface area contributed by atoms with Gasteiger partial charge < -0.3 is 9.84 Å². The second kappa shape index (κ2) is 4.75. The zero-order valence-corrected chi connectivity index (χ0v) is 10.0. The van der Waals surface area contributed by atoms with Crippen molar-refractivity contribution in [2.75, 3.05) is 0 Å². The molecule has 1 N–H and O–H groups in total. The summed E-state index contributed by atoms with van der Waals surface area (Å²) >= 11 is 0. The Morgan fingerprint density at radius 2 is 1.79 bits per heavy atom. The van der Waals surface area contributed by atoms with E-state index in [-0.39, 0.29) is 5.56 Å². The van der Waals surface area contributed by atoms with E-state index in [1.54, 1.807) is 0 Å². The van der Waals surface area contributed by atoms with Gasteiger partial charge in [-0.15, -0.1) is 13.2 Å². The molecule has 1 fully saturated rings. The van der Waals surface area contributed by atoms with Gasteiger partial charge in [-0.2, -0.15) is 0 Å². The number of aliphatic carboxylic acids is 1. The zero-order valence-electron chi connectivity index (χ0n) is 10.0. The van der Waals surface area contributed by atoms with E-state index in [1.807, 2.05) is 0 Å². The molecule has 0 bridgehead atoms. The van der Waals surface area contributed by atoms with Gasteiger partial charge in [0, 0.05) is 5.56 Å². The van der Waals surface area contributed by atoms with Gasteiger partial charge >= 0.3 is 12.3 Å². The topological polar surface area (TPSA) is 46.5 Å². The van der Waals surface area contributed by atoms with Gasteiger partial charge in [-0.05, 0) is 18.9 Å². The molecule has 0 aromatic heterocycles. The van der Waals surface area contributed by atoms with Gasteiger partial charge in [0.2, 0.25) is 0 Å². The first kappa shape index (κ1) is 13.7. The lowest BCUT2D eigenvalue weighted by atomic mass is 9.78. The minimum atomic E-state index is -4.82. The maximum absolute atomic E-state index is 12.4. The van der Waals surface area contributed by atoms with Crippen molar-refractivity contribution in [1.29, 1.82) is 0 Å². The summed E-state index contributed by atoms with van der Waals surface area (Å²) in [5, 5.41) is 9.40.